The fourth-order valence-electron chi connectivity index (χ4n) is 2.49. The predicted molar refractivity (Wildman–Crippen MR) is 118 cm³/mol. The van der Waals surface area contributed by atoms with E-state index in [0.717, 1.165) is 24.2 Å². The van der Waals surface area contributed by atoms with Crippen molar-refractivity contribution in [1.29, 1.82) is 0 Å². The Morgan fingerprint density at radius 2 is 1.61 bits per heavy atom. The molecular formula is C18H24I2N2Pb. The van der Waals surface area contributed by atoms with E-state index in [9.17, 15) is 0 Å². The normalized spacial score (nSPS) is 10.1. The van der Waals surface area contributed by atoms with Crippen LogP contribution in [0, 0.1) is 0 Å². The zero-order chi connectivity index (χ0) is 16.9. The van der Waals surface area contributed by atoms with E-state index >= 15 is 0 Å². The number of pyridine rings is 2. The summed E-state index contributed by atoms with van der Waals surface area (Å²) in [4.78, 5) is 9.08. The van der Waals surface area contributed by atoms with Gasteiger partial charge in [-0.1, -0.05) is 32.8 Å². The van der Waals surface area contributed by atoms with Crippen LogP contribution in [-0.2, 0) is 12.8 Å². The standard InChI is InChI=1S/C18H24N2.2HI.Pb/c1-3-5-9-15-12-14-20-18(16(15)10-6-4-2)17-11-7-8-13-19-17;;;/h7-8,11-14H,3-6,9-10H2,1-2H3;2*1H;/q;;;+2/p-2. The Kier molecular flexibility index (Phi) is 13.1. The first-order valence-corrected chi connectivity index (χ1v) is 30.0. The van der Waals surface area contributed by atoms with Gasteiger partial charge in [0.1, 0.15) is 0 Å². The average Bonchev–Trinajstić information content (AvgIpc) is 2.59. The van der Waals surface area contributed by atoms with Crippen LogP contribution in [0.15, 0.2) is 36.7 Å². The van der Waals surface area contributed by atoms with Gasteiger partial charge in [-0.2, -0.15) is 0 Å². The molecule has 2 aromatic heterocycles. The van der Waals surface area contributed by atoms with E-state index in [-0.39, 0.29) is 15.6 Å². The van der Waals surface area contributed by atoms with Crippen molar-refractivity contribution in [3.05, 3.63) is 47.8 Å². The molecule has 2 heterocycles. The number of unbranched alkanes of at least 4 members (excludes halogenated alkanes) is 2. The van der Waals surface area contributed by atoms with E-state index in [4.69, 9.17) is 0 Å². The van der Waals surface area contributed by atoms with Gasteiger partial charge in [0.05, 0.1) is 11.4 Å². The average molecular weight is 729 g/mol. The minimum atomic E-state index is 0.0233. The SMILES string of the molecule is CCCCc1ccnc(-c2ccccn2)c1CCCC.[I][Pb][I]. The molecule has 0 bridgehead atoms. The third-order valence-electron chi connectivity index (χ3n) is 3.64. The van der Waals surface area contributed by atoms with E-state index in [0.29, 0.717) is 0 Å². The minimum absolute atomic E-state index is 0.0233. The number of halogens is 2. The van der Waals surface area contributed by atoms with Crippen LogP contribution in [0.25, 0.3) is 11.4 Å². The van der Waals surface area contributed by atoms with Gasteiger partial charge in [-0.25, -0.2) is 0 Å². The second-order valence-corrected chi connectivity index (χ2v) is 33.4. The van der Waals surface area contributed by atoms with Crippen molar-refractivity contribution < 1.29 is 0 Å². The van der Waals surface area contributed by atoms with Gasteiger partial charge in [-0.05, 0) is 55.0 Å². The molecule has 0 spiro atoms. The molecule has 5 heteroatoms. The van der Waals surface area contributed by atoms with Gasteiger partial charge in [-0.15, -0.1) is 0 Å². The number of aryl methyl sites for hydroxylation is 1. The van der Waals surface area contributed by atoms with Crippen LogP contribution in [-0.4, -0.2) is 25.6 Å². The van der Waals surface area contributed by atoms with Crippen molar-refractivity contribution >= 4 is 51.2 Å². The molecule has 0 unspecified atom stereocenters. The number of nitrogens with zero attached hydrogens (tertiary/aromatic N) is 2. The summed E-state index contributed by atoms with van der Waals surface area (Å²) >= 11 is 4.96. The van der Waals surface area contributed by atoms with Crippen LogP contribution in [0.2, 0.25) is 0 Å². The molecule has 23 heavy (non-hydrogen) atoms. The van der Waals surface area contributed by atoms with Crippen LogP contribution in [0.3, 0.4) is 0 Å². The van der Waals surface area contributed by atoms with E-state index in [1.165, 1.54) is 36.8 Å². The first-order chi connectivity index (χ1) is 11.3. The summed E-state index contributed by atoms with van der Waals surface area (Å²) in [6, 6.07) is 8.23. The summed E-state index contributed by atoms with van der Waals surface area (Å²) in [5.41, 5.74) is 4.93. The van der Waals surface area contributed by atoms with Gasteiger partial charge in [-0.3, -0.25) is 9.97 Å². The summed E-state index contributed by atoms with van der Waals surface area (Å²) in [6.07, 6.45) is 10.9. The predicted octanol–water partition coefficient (Wildman–Crippen LogP) is 6.22. The molecule has 0 N–H and O–H groups in total. The van der Waals surface area contributed by atoms with Gasteiger partial charge in [0.25, 0.3) is 0 Å². The molecule has 0 aliphatic rings. The molecule has 0 aliphatic heterocycles. The monoisotopic (exact) mass is 730 g/mol. The summed E-state index contributed by atoms with van der Waals surface area (Å²) < 4.78 is 0. The summed E-state index contributed by atoms with van der Waals surface area (Å²) in [6.45, 7) is 4.48. The second kappa shape index (κ2) is 13.9. The molecule has 2 radical (unpaired) electrons. The Hall–Kier alpha value is 0.682. The Morgan fingerprint density at radius 3 is 2.22 bits per heavy atom. The van der Waals surface area contributed by atoms with Gasteiger partial charge >= 0.3 is 51.2 Å². The molecule has 0 fully saturated rings. The van der Waals surface area contributed by atoms with Crippen LogP contribution >= 0.6 is 35.5 Å². The van der Waals surface area contributed by atoms with Crippen LogP contribution in [0.1, 0.15) is 50.7 Å². The van der Waals surface area contributed by atoms with Crippen molar-refractivity contribution in [1.82, 2.24) is 9.97 Å². The topological polar surface area (TPSA) is 25.8 Å². The molecule has 2 aromatic rings. The van der Waals surface area contributed by atoms with Crippen molar-refractivity contribution in [3.63, 3.8) is 0 Å². The van der Waals surface area contributed by atoms with Crippen molar-refractivity contribution in [3.8, 4) is 11.4 Å². The van der Waals surface area contributed by atoms with E-state index < -0.39 is 0 Å². The van der Waals surface area contributed by atoms with E-state index in [2.05, 4.69) is 71.5 Å². The number of hydrogen-bond acceptors (Lipinski definition) is 2. The molecule has 124 valence electrons. The van der Waals surface area contributed by atoms with E-state index in [1.54, 1.807) is 0 Å². The fraction of sp³-hybridized carbons (Fsp3) is 0.444. The van der Waals surface area contributed by atoms with Gasteiger partial charge < -0.3 is 0 Å². The number of aromatic nitrogens is 2. The van der Waals surface area contributed by atoms with Gasteiger partial charge in [0.2, 0.25) is 0 Å². The molecule has 0 saturated carbocycles. The Balaban J connectivity index is 0.000000816. The fourth-order valence-corrected chi connectivity index (χ4v) is 2.49. The molecule has 0 aliphatic carbocycles. The van der Waals surface area contributed by atoms with Crippen LogP contribution in [0.4, 0.5) is 0 Å². The number of hydrogen-bond donors (Lipinski definition) is 0. The van der Waals surface area contributed by atoms with E-state index in [1.807, 2.05) is 24.5 Å². The van der Waals surface area contributed by atoms with Crippen molar-refractivity contribution in [2.75, 3.05) is 0 Å². The van der Waals surface area contributed by atoms with Crippen LogP contribution < -0.4 is 0 Å². The molecule has 0 aromatic carbocycles. The summed E-state index contributed by atoms with van der Waals surface area (Å²) in [7, 11) is 0. The van der Waals surface area contributed by atoms with Crippen molar-refractivity contribution in [2.45, 2.75) is 52.4 Å². The molecule has 0 amide bonds. The van der Waals surface area contributed by atoms with Gasteiger partial charge in [0, 0.05) is 12.4 Å². The third-order valence-corrected chi connectivity index (χ3v) is 3.64. The van der Waals surface area contributed by atoms with Gasteiger partial charge in [0.15, 0.2) is 0 Å². The zero-order valence-electron chi connectivity index (χ0n) is 13.9. The Morgan fingerprint density at radius 1 is 0.913 bits per heavy atom. The Labute approximate surface area is 170 Å². The maximum absolute atomic E-state index is 4.61. The first kappa shape index (κ1) is 21.7. The number of rotatable bonds is 7. The maximum atomic E-state index is 4.61. The summed E-state index contributed by atoms with van der Waals surface area (Å²) in [5, 5.41) is 0. The third kappa shape index (κ3) is 8.07. The molecule has 0 saturated heterocycles. The summed E-state index contributed by atoms with van der Waals surface area (Å²) in [5.74, 6) is 0. The first-order valence-electron chi connectivity index (χ1n) is 8.12. The molecule has 2 rings (SSSR count). The second-order valence-electron chi connectivity index (χ2n) is 5.29. The van der Waals surface area contributed by atoms with Crippen LogP contribution in [0.5, 0.6) is 0 Å². The zero-order valence-corrected chi connectivity index (χ0v) is 22.1. The Bertz CT molecular complexity index is 550. The van der Waals surface area contributed by atoms with Crippen molar-refractivity contribution in [2.24, 2.45) is 0 Å². The quantitative estimate of drug-likeness (QED) is 0.250. The molecular weight excluding hydrogens is 705 g/mol. The molecule has 2 nitrogen and oxygen atoms in total. The molecule has 0 atom stereocenters.